The number of fused-ring (bicyclic) bond motifs is 2. The third-order valence-electron chi connectivity index (χ3n) is 14.0. The highest BCUT2D eigenvalue weighted by molar-refractivity contribution is 5.77. The summed E-state index contributed by atoms with van der Waals surface area (Å²) >= 11 is 0. The van der Waals surface area contributed by atoms with Crippen LogP contribution in [0.1, 0.15) is 210 Å². The third kappa shape index (κ3) is 25.9. The molecule has 2 aliphatic carbocycles. The average molecular weight is 993 g/mol. The van der Waals surface area contributed by atoms with Gasteiger partial charge in [0.25, 0.3) is 0 Å². The van der Waals surface area contributed by atoms with E-state index in [0.717, 1.165) is 44.4 Å². The lowest BCUT2D eigenvalue weighted by Gasteiger charge is -2.42. The van der Waals surface area contributed by atoms with Crippen LogP contribution < -0.4 is 0 Å². The van der Waals surface area contributed by atoms with Gasteiger partial charge in [0.1, 0.15) is 0 Å². The van der Waals surface area contributed by atoms with E-state index in [1.54, 1.807) is 13.8 Å². The number of esters is 5. The monoisotopic (exact) mass is 993 g/mol. The predicted molar refractivity (Wildman–Crippen MR) is 270 cm³/mol. The SMILES string of the molecule is CCC(C)(C)C(=O)OC(C)OC.CCC(C)(C)C(=O)OCOC.CCC(C)(C)C(=O)OCOC1C2(C)CCC(C2)C1(C)C.CCCOCOC(=O)C(C)(C)CC.CCOC(C)OC(=O)C(C)(C)CC. The van der Waals surface area contributed by atoms with Crippen LogP contribution in [0.4, 0.5) is 0 Å². The van der Waals surface area contributed by atoms with Crippen LogP contribution in [0, 0.1) is 43.8 Å². The van der Waals surface area contributed by atoms with Crippen molar-refractivity contribution in [3.05, 3.63) is 0 Å². The second kappa shape index (κ2) is 33.0. The predicted octanol–water partition coefficient (Wildman–Crippen LogP) is 12.4. The highest BCUT2D eigenvalue weighted by Crippen LogP contribution is 2.63. The summed E-state index contributed by atoms with van der Waals surface area (Å²) in [6.07, 6.45) is 7.90. The zero-order chi connectivity index (χ0) is 54.7. The van der Waals surface area contributed by atoms with Crippen molar-refractivity contribution in [2.75, 3.05) is 47.8 Å². The zero-order valence-corrected chi connectivity index (χ0v) is 48.3. The molecule has 0 spiro atoms. The van der Waals surface area contributed by atoms with E-state index in [9.17, 15) is 24.0 Å². The van der Waals surface area contributed by atoms with Gasteiger partial charge < -0.3 is 47.4 Å². The molecule has 0 N–H and O–H groups in total. The fourth-order valence-corrected chi connectivity index (χ4v) is 6.48. The summed E-state index contributed by atoms with van der Waals surface area (Å²) < 4.78 is 50.8. The molecule has 0 aromatic carbocycles. The summed E-state index contributed by atoms with van der Waals surface area (Å²) in [6, 6.07) is 0. The number of rotatable bonds is 24. The molecule has 2 aliphatic rings. The van der Waals surface area contributed by atoms with Crippen molar-refractivity contribution in [1.82, 2.24) is 0 Å². The van der Waals surface area contributed by atoms with E-state index in [1.807, 2.05) is 118 Å². The molecule has 0 heterocycles. The van der Waals surface area contributed by atoms with Gasteiger partial charge in [-0.25, -0.2) is 0 Å². The fraction of sp³-hybridized carbons (Fsp3) is 0.907. The number of carbonyl (C=O) groups excluding carboxylic acids is 5. The molecule has 69 heavy (non-hydrogen) atoms. The van der Waals surface area contributed by atoms with Crippen molar-refractivity contribution < 1.29 is 71.3 Å². The van der Waals surface area contributed by atoms with Gasteiger partial charge in [-0.3, -0.25) is 24.0 Å². The number of hydrogen-bond donors (Lipinski definition) is 0. The second-order valence-electron chi connectivity index (χ2n) is 22.1. The molecule has 0 aliphatic heterocycles. The summed E-state index contributed by atoms with van der Waals surface area (Å²) in [4.78, 5) is 57.3. The Kier molecular flexibility index (Phi) is 33.7. The molecule has 0 aromatic rings. The molecule has 2 rings (SSSR count). The van der Waals surface area contributed by atoms with Crippen molar-refractivity contribution >= 4 is 29.8 Å². The van der Waals surface area contributed by atoms with Crippen LogP contribution in [0.2, 0.25) is 0 Å². The maximum Gasteiger partial charge on any atom is 0.313 e. The minimum atomic E-state index is -0.455. The molecule has 2 saturated carbocycles. The molecular formula is C54H104O15. The van der Waals surface area contributed by atoms with Crippen LogP contribution in [0.5, 0.6) is 0 Å². The lowest BCUT2D eigenvalue weighted by atomic mass is 9.70. The van der Waals surface area contributed by atoms with Gasteiger partial charge in [-0.2, -0.15) is 0 Å². The topological polar surface area (TPSA) is 178 Å². The van der Waals surface area contributed by atoms with Crippen molar-refractivity contribution in [2.45, 2.75) is 229 Å². The normalized spacial score (nSPS) is 19.2. The first-order chi connectivity index (χ1) is 31.6. The number of ether oxygens (including phenoxy) is 10. The molecule has 410 valence electrons. The maximum absolute atomic E-state index is 12.0. The number of methoxy groups -OCH3 is 2. The Bertz CT molecular complexity index is 1460. The second-order valence-corrected chi connectivity index (χ2v) is 22.1. The van der Waals surface area contributed by atoms with E-state index < -0.39 is 39.7 Å². The quantitative estimate of drug-likeness (QED) is 0.0386. The first kappa shape index (κ1) is 70.4. The van der Waals surface area contributed by atoms with Crippen LogP contribution in [0.3, 0.4) is 0 Å². The van der Waals surface area contributed by atoms with Crippen LogP contribution in [0.15, 0.2) is 0 Å². The van der Waals surface area contributed by atoms with Crippen molar-refractivity contribution in [2.24, 2.45) is 43.8 Å². The highest BCUT2D eigenvalue weighted by atomic mass is 16.7. The van der Waals surface area contributed by atoms with Crippen LogP contribution in [-0.4, -0.2) is 96.3 Å². The Morgan fingerprint density at radius 2 is 0.928 bits per heavy atom. The summed E-state index contributed by atoms with van der Waals surface area (Å²) in [5.41, 5.74) is -1.57. The first-order valence-corrected chi connectivity index (χ1v) is 25.4. The molecule has 15 heteroatoms. The lowest BCUT2D eigenvalue weighted by molar-refractivity contribution is -0.187. The van der Waals surface area contributed by atoms with Gasteiger partial charge in [-0.05, 0) is 165 Å². The fourth-order valence-electron chi connectivity index (χ4n) is 6.48. The summed E-state index contributed by atoms with van der Waals surface area (Å²) in [6.45, 7) is 44.2. The molecule has 2 fully saturated rings. The smallest absolute Gasteiger partial charge is 0.313 e. The summed E-state index contributed by atoms with van der Waals surface area (Å²) in [7, 11) is 3.00. The van der Waals surface area contributed by atoms with Crippen LogP contribution in [0.25, 0.3) is 0 Å². The Hall–Kier alpha value is -2.85. The van der Waals surface area contributed by atoms with Gasteiger partial charge in [-0.1, -0.05) is 62.3 Å². The molecule has 0 aromatic heterocycles. The molecule has 2 bridgehead atoms. The molecule has 5 unspecified atom stereocenters. The van der Waals surface area contributed by atoms with Crippen LogP contribution in [-0.2, 0) is 71.3 Å². The van der Waals surface area contributed by atoms with Crippen molar-refractivity contribution in [3.8, 4) is 0 Å². The van der Waals surface area contributed by atoms with E-state index in [0.29, 0.717) is 13.2 Å². The molecule has 5 atom stereocenters. The van der Waals surface area contributed by atoms with Gasteiger partial charge >= 0.3 is 29.8 Å². The van der Waals surface area contributed by atoms with Gasteiger partial charge in [0.2, 0.25) is 0 Å². The van der Waals surface area contributed by atoms with Gasteiger partial charge in [0.05, 0.1) is 39.8 Å². The van der Waals surface area contributed by atoms with Gasteiger partial charge in [-0.15, -0.1) is 0 Å². The Morgan fingerprint density at radius 1 is 0.551 bits per heavy atom. The van der Waals surface area contributed by atoms with E-state index >= 15 is 0 Å². The number of carbonyl (C=O) groups is 5. The standard InChI is InChI=1S/C17H30O3.2C10H20O3.C9H18O3.C8H16O3/c1-7-15(2,3)14(18)20-11-19-13-16(4,5)12-8-9-17(13,6)10-12;1-6-10(4,5)9(11)13-8(3)12-7-2;1-5-7-12-8-13-9(11)10(3,4)6-2;1-6-9(3,4)8(10)12-7(2)11-5;1-5-8(2,3)7(9)11-6-10-4/h12-13H,7-11H2,1-6H3;8H,6-7H2,1-5H3;5-8H2,1-4H3;7H,6H2,1-5H3;5-6H2,1-4H3. The Labute approximate surface area is 420 Å². The summed E-state index contributed by atoms with van der Waals surface area (Å²) in [5, 5.41) is 0. The first-order valence-electron chi connectivity index (χ1n) is 25.4. The van der Waals surface area contributed by atoms with Gasteiger partial charge in [0.15, 0.2) is 33.0 Å². The lowest BCUT2D eigenvalue weighted by Crippen LogP contribution is -2.43. The molecule has 0 amide bonds. The maximum atomic E-state index is 12.0. The van der Waals surface area contributed by atoms with Crippen molar-refractivity contribution in [3.63, 3.8) is 0 Å². The molecule has 0 radical (unpaired) electrons. The van der Waals surface area contributed by atoms with E-state index in [-0.39, 0.29) is 67.2 Å². The minimum Gasteiger partial charge on any atom is -0.438 e. The average Bonchev–Trinajstić information content (AvgIpc) is 3.79. The third-order valence-corrected chi connectivity index (χ3v) is 14.0. The molecule has 0 saturated heterocycles. The Balaban J connectivity index is -0.000000807. The molecular weight excluding hydrogens is 889 g/mol. The highest BCUT2D eigenvalue weighted by Gasteiger charge is 2.60. The van der Waals surface area contributed by atoms with E-state index in [2.05, 4.69) is 25.5 Å². The minimum absolute atomic E-state index is 0.0439. The number of hydrogen-bond acceptors (Lipinski definition) is 15. The van der Waals surface area contributed by atoms with Gasteiger partial charge in [0, 0.05) is 20.8 Å². The van der Waals surface area contributed by atoms with Crippen LogP contribution >= 0.6 is 0 Å². The van der Waals surface area contributed by atoms with E-state index in [4.69, 9.17) is 42.6 Å². The zero-order valence-electron chi connectivity index (χ0n) is 48.3. The summed E-state index contributed by atoms with van der Waals surface area (Å²) in [5.74, 6) is -0.213. The largest absolute Gasteiger partial charge is 0.438 e. The Morgan fingerprint density at radius 3 is 1.26 bits per heavy atom. The van der Waals surface area contributed by atoms with Crippen molar-refractivity contribution in [1.29, 1.82) is 0 Å². The molecule has 15 nitrogen and oxygen atoms in total. The van der Waals surface area contributed by atoms with E-state index in [1.165, 1.54) is 33.5 Å².